The van der Waals surface area contributed by atoms with E-state index in [4.69, 9.17) is 11.6 Å². The largest absolute Gasteiger partial charge is 0.508 e. The van der Waals surface area contributed by atoms with Gasteiger partial charge in [0, 0.05) is 11.6 Å². The molecule has 0 aromatic heterocycles. The summed E-state index contributed by atoms with van der Waals surface area (Å²) in [6.45, 7) is 1.04. The molecule has 0 saturated carbocycles. The van der Waals surface area contributed by atoms with Gasteiger partial charge in [-0.15, -0.1) is 0 Å². The molecule has 3 rings (SSSR count). The molecular formula is C22H24ClNO. The van der Waals surface area contributed by atoms with Gasteiger partial charge < -0.3 is 10.0 Å². The second kappa shape index (κ2) is 7.90. The first kappa shape index (κ1) is 17.8. The van der Waals surface area contributed by atoms with Crippen LogP contribution in [0.3, 0.4) is 0 Å². The van der Waals surface area contributed by atoms with E-state index in [1.54, 1.807) is 6.07 Å². The minimum atomic E-state index is 0.305. The molecule has 130 valence electrons. The molecule has 1 aliphatic rings. The Balaban J connectivity index is 1.99. The first-order valence-electron chi connectivity index (χ1n) is 8.64. The van der Waals surface area contributed by atoms with Crippen LogP contribution in [0.1, 0.15) is 24.0 Å². The van der Waals surface area contributed by atoms with Gasteiger partial charge in [-0.2, -0.15) is 0 Å². The Hall–Kier alpha value is -2.03. The predicted molar refractivity (Wildman–Crippen MR) is 107 cm³/mol. The molecule has 0 aliphatic heterocycles. The Kier molecular flexibility index (Phi) is 5.62. The Bertz CT molecular complexity index is 790. The summed E-state index contributed by atoms with van der Waals surface area (Å²) < 4.78 is 0. The SMILES string of the molecule is CN(C)CC1C=C(c2cccc(O)c2)/C(=C/c2ccc(Cl)cc2)CC1. The van der Waals surface area contributed by atoms with E-state index in [0.717, 1.165) is 35.5 Å². The van der Waals surface area contributed by atoms with Crippen LogP contribution in [0.5, 0.6) is 5.75 Å². The fourth-order valence-electron chi connectivity index (χ4n) is 3.38. The monoisotopic (exact) mass is 353 g/mol. The molecule has 2 aromatic carbocycles. The molecule has 0 heterocycles. The van der Waals surface area contributed by atoms with E-state index in [1.807, 2.05) is 36.4 Å². The predicted octanol–water partition coefficient (Wildman–Crippen LogP) is 5.48. The second-order valence-corrected chi connectivity index (χ2v) is 7.35. The van der Waals surface area contributed by atoms with E-state index in [2.05, 4.69) is 37.2 Å². The summed E-state index contributed by atoms with van der Waals surface area (Å²) in [5.74, 6) is 0.827. The first-order valence-corrected chi connectivity index (χ1v) is 9.01. The Morgan fingerprint density at radius 3 is 2.60 bits per heavy atom. The lowest BCUT2D eigenvalue weighted by atomic mass is 9.82. The van der Waals surface area contributed by atoms with Gasteiger partial charge in [0.25, 0.3) is 0 Å². The van der Waals surface area contributed by atoms with Crippen molar-refractivity contribution in [1.29, 1.82) is 0 Å². The molecular weight excluding hydrogens is 330 g/mol. The highest BCUT2D eigenvalue weighted by Crippen LogP contribution is 2.37. The number of phenols is 1. The smallest absolute Gasteiger partial charge is 0.116 e. The molecule has 25 heavy (non-hydrogen) atoms. The molecule has 1 aliphatic carbocycles. The fourth-order valence-corrected chi connectivity index (χ4v) is 3.51. The average Bonchev–Trinajstić information content (AvgIpc) is 2.58. The van der Waals surface area contributed by atoms with Crippen molar-refractivity contribution < 1.29 is 5.11 Å². The van der Waals surface area contributed by atoms with Crippen LogP contribution >= 0.6 is 11.6 Å². The highest BCUT2D eigenvalue weighted by molar-refractivity contribution is 6.30. The second-order valence-electron chi connectivity index (χ2n) is 6.91. The molecule has 0 saturated heterocycles. The van der Waals surface area contributed by atoms with Crippen LogP contribution in [0.25, 0.3) is 11.6 Å². The summed E-state index contributed by atoms with van der Waals surface area (Å²) in [5, 5.41) is 10.6. The normalized spacial score (nSPS) is 19.3. The number of allylic oxidation sites excluding steroid dienone is 2. The van der Waals surface area contributed by atoms with Crippen molar-refractivity contribution in [3.05, 3.63) is 76.3 Å². The van der Waals surface area contributed by atoms with E-state index in [1.165, 1.54) is 11.1 Å². The Morgan fingerprint density at radius 2 is 1.92 bits per heavy atom. The van der Waals surface area contributed by atoms with Crippen molar-refractivity contribution in [3.8, 4) is 5.75 Å². The van der Waals surface area contributed by atoms with Gasteiger partial charge in [0.2, 0.25) is 0 Å². The quantitative estimate of drug-likeness (QED) is 0.786. The highest BCUT2D eigenvalue weighted by Gasteiger charge is 2.20. The number of halogens is 1. The third-order valence-electron chi connectivity index (χ3n) is 4.50. The highest BCUT2D eigenvalue weighted by atomic mass is 35.5. The lowest BCUT2D eigenvalue weighted by molar-refractivity contribution is 0.347. The van der Waals surface area contributed by atoms with Crippen LogP contribution in [0.15, 0.2) is 60.2 Å². The van der Waals surface area contributed by atoms with E-state index in [0.29, 0.717) is 11.7 Å². The molecule has 0 fully saturated rings. The number of rotatable bonds is 4. The summed E-state index contributed by atoms with van der Waals surface area (Å²) in [6, 6.07) is 15.5. The van der Waals surface area contributed by atoms with Gasteiger partial charge in [0.05, 0.1) is 0 Å². The van der Waals surface area contributed by atoms with E-state index >= 15 is 0 Å². The number of hydrogen-bond acceptors (Lipinski definition) is 2. The molecule has 1 N–H and O–H groups in total. The maximum atomic E-state index is 9.89. The van der Waals surface area contributed by atoms with Crippen LogP contribution in [-0.4, -0.2) is 30.6 Å². The number of hydrogen-bond donors (Lipinski definition) is 1. The summed E-state index contributed by atoms with van der Waals surface area (Å²) in [5.41, 5.74) is 4.76. The van der Waals surface area contributed by atoms with Crippen LogP contribution in [0, 0.1) is 5.92 Å². The Labute approximate surface area is 155 Å². The molecule has 0 amide bonds. The van der Waals surface area contributed by atoms with Crippen LogP contribution in [0.2, 0.25) is 5.02 Å². The molecule has 2 aromatic rings. The van der Waals surface area contributed by atoms with Crippen LogP contribution < -0.4 is 0 Å². The van der Waals surface area contributed by atoms with Crippen LogP contribution in [-0.2, 0) is 0 Å². The van der Waals surface area contributed by atoms with E-state index in [-0.39, 0.29) is 0 Å². The van der Waals surface area contributed by atoms with Gasteiger partial charge in [-0.05, 0) is 79.4 Å². The zero-order valence-corrected chi connectivity index (χ0v) is 15.5. The number of phenolic OH excluding ortho intramolecular Hbond substituents is 1. The summed E-state index contributed by atoms with van der Waals surface area (Å²) in [6.07, 6.45) is 6.76. The van der Waals surface area contributed by atoms with Gasteiger partial charge >= 0.3 is 0 Å². The van der Waals surface area contributed by atoms with Gasteiger partial charge in [0.1, 0.15) is 5.75 Å². The zero-order chi connectivity index (χ0) is 17.8. The number of aromatic hydroxyl groups is 1. The lowest BCUT2D eigenvalue weighted by Crippen LogP contribution is -2.22. The van der Waals surface area contributed by atoms with Crippen molar-refractivity contribution in [2.24, 2.45) is 5.92 Å². The molecule has 1 atom stereocenters. The molecule has 0 radical (unpaired) electrons. The molecule has 3 heteroatoms. The molecule has 0 spiro atoms. The van der Waals surface area contributed by atoms with Crippen molar-refractivity contribution in [2.75, 3.05) is 20.6 Å². The van der Waals surface area contributed by atoms with Gasteiger partial charge in [0.15, 0.2) is 0 Å². The Morgan fingerprint density at radius 1 is 1.16 bits per heavy atom. The number of nitrogens with zero attached hydrogens (tertiary/aromatic N) is 1. The lowest BCUT2D eigenvalue weighted by Gasteiger charge is -2.26. The fraction of sp³-hybridized carbons (Fsp3) is 0.273. The molecule has 0 bridgehead atoms. The van der Waals surface area contributed by atoms with Gasteiger partial charge in [-0.1, -0.05) is 48.0 Å². The average molecular weight is 354 g/mol. The summed E-state index contributed by atoms with van der Waals surface area (Å²) in [7, 11) is 4.22. The van der Waals surface area contributed by atoms with Crippen molar-refractivity contribution >= 4 is 23.3 Å². The van der Waals surface area contributed by atoms with Gasteiger partial charge in [-0.25, -0.2) is 0 Å². The third kappa shape index (κ3) is 4.75. The molecule has 2 nitrogen and oxygen atoms in total. The van der Waals surface area contributed by atoms with E-state index < -0.39 is 0 Å². The van der Waals surface area contributed by atoms with E-state index in [9.17, 15) is 5.11 Å². The zero-order valence-electron chi connectivity index (χ0n) is 14.7. The van der Waals surface area contributed by atoms with Crippen molar-refractivity contribution in [2.45, 2.75) is 12.8 Å². The van der Waals surface area contributed by atoms with Crippen molar-refractivity contribution in [1.82, 2.24) is 4.90 Å². The topological polar surface area (TPSA) is 23.5 Å². The van der Waals surface area contributed by atoms with Gasteiger partial charge in [-0.3, -0.25) is 0 Å². The van der Waals surface area contributed by atoms with Crippen molar-refractivity contribution in [3.63, 3.8) is 0 Å². The molecule has 1 unspecified atom stereocenters. The van der Waals surface area contributed by atoms with Crippen LogP contribution in [0.4, 0.5) is 0 Å². The maximum absolute atomic E-state index is 9.89. The minimum absolute atomic E-state index is 0.305. The standard InChI is InChI=1S/C22H24ClNO/c1-24(2)15-17-6-9-19(12-16-7-10-20(23)11-8-16)22(13-17)18-4-3-5-21(25)14-18/h3-5,7-8,10-14,17,25H,6,9,15H2,1-2H3/b19-12+. The summed E-state index contributed by atoms with van der Waals surface area (Å²) >= 11 is 6.00. The minimum Gasteiger partial charge on any atom is -0.508 e. The third-order valence-corrected chi connectivity index (χ3v) is 4.75. The number of benzene rings is 2. The summed E-state index contributed by atoms with van der Waals surface area (Å²) in [4.78, 5) is 2.23. The first-order chi connectivity index (χ1) is 12.0. The maximum Gasteiger partial charge on any atom is 0.116 e.